The number of rotatable bonds is 3. The third-order valence-corrected chi connectivity index (χ3v) is 3.06. The molecule has 0 spiro atoms. The maximum absolute atomic E-state index is 12.4. The van der Waals surface area contributed by atoms with Crippen molar-refractivity contribution in [3.8, 4) is 5.69 Å². The van der Waals surface area contributed by atoms with Crippen molar-refractivity contribution in [2.24, 2.45) is 0 Å². The Balaban J connectivity index is 2.40. The Hall–Kier alpha value is -1.49. The molecule has 0 N–H and O–H groups in total. The number of pyridine rings is 2. The molecule has 0 aliphatic carbocycles. The number of aromatic nitrogens is 2. The zero-order valence-corrected chi connectivity index (χ0v) is 9.99. The van der Waals surface area contributed by atoms with Crippen LogP contribution in [0.15, 0.2) is 47.8 Å². The zero-order chi connectivity index (χ0) is 12.3. The van der Waals surface area contributed by atoms with Gasteiger partial charge in [0, 0.05) is 18.2 Å². The van der Waals surface area contributed by atoms with Crippen LogP contribution >= 0.6 is 11.8 Å². The Bertz CT molecular complexity index is 500. The van der Waals surface area contributed by atoms with Gasteiger partial charge in [0.2, 0.25) is 10.7 Å². The normalized spacial score (nSPS) is 10.8. The van der Waals surface area contributed by atoms with E-state index in [1.807, 2.05) is 35.2 Å². The summed E-state index contributed by atoms with van der Waals surface area (Å²) in [7, 11) is 0. The lowest BCUT2D eigenvalue weighted by Crippen LogP contribution is -2.32. The van der Waals surface area contributed by atoms with Crippen LogP contribution in [-0.4, -0.2) is 11.2 Å². The summed E-state index contributed by atoms with van der Waals surface area (Å²) in [6, 6.07) is 8.79. The van der Waals surface area contributed by atoms with Crippen LogP contribution in [0, 0.1) is 0 Å². The zero-order valence-electron chi connectivity index (χ0n) is 9.18. The number of nitrogens with zero attached hydrogens (tertiary/aromatic N) is 2. The van der Waals surface area contributed by atoms with Crippen LogP contribution in [0.3, 0.4) is 0 Å². The average Bonchev–Trinajstić information content (AvgIpc) is 2.39. The predicted molar refractivity (Wildman–Crippen MR) is 62.5 cm³/mol. The molecule has 2 nitrogen and oxygen atoms in total. The molecule has 2 aromatic rings. The lowest BCUT2D eigenvalue weighted by atomic mass is 10.3. The minimum atomic E-state index is -2.52. The predicted octanol–water partition coefficient (Wildman–Crippen LogP) is 3.02. The topological polar surface area (TPSA) is 16.8 Å². The minimum absolute atomic E-state index is 0.198. The van der Waals surface area contributed by atoms with E-state index in [0.717, 1.165) is 10.7 Å². The summed E-state index contributed by atoms with van der Waals surface area (Å²) in [6.45, 7) is 0. The second kappa shape index (κ2) is 5.23. The van der Waals surface area contributed by atoms with Crippen molar-refractivity contribution in [2.75, 3.05) is 6.26 Å². The number of hydrogen-bond acceptors (Lipinski definition) is 2. The molecule has 0 saturated heterocycles. The molecule has 17 heavy (non-hydrogen) atoms. The molecular weight excluding hydrogens is 242 g/mol. The smallest absolute Gasteiger partial charge is 0.248 e. The van der Waals surface area contributed by atoms with Gasteiger partial charge in [0.1, 0.15) is 5.69 Å². The van der Waals surface area contributed by atoms with Crippen LogP contribution in [0.1, 0.15) is 12.1 Å². The summed E-state index contributed by atoms with van der Waals surface area (Å²) in [5.74, 6) is 0. The maximum atomic E-state index is 12.4. The van der Waals surface area contributed by atoms with Crippen LogP contribution in [0.2, 0.25) is 0 Å². The largest absolute Gasteiger partial charge is 0.280 e. The van der Waals surface area contributed by atoms with Crippen molar-refractivity contribution < 1.29 is 13.3 Å². The number of hydrogen-bond donors (Lipinski definition) is 0. The van der Waals surface area contributed by atoms with Crippen molar-refractivity contribution >= 4 is 11.8 Å². The summed E-state index contributed by atoms with van der Waals surface area (Å²) in [4.78, 5) is 3.75. The third kappa shape index (κ3) is 2.61. The molecule has 0 radical (unpaired) electrons. The second-order valence-electron chi connectivity index (χ2n) is 3.35. The fourth-order valence-electron chi connectivity index (χ4n) is 1.48. The summed E-state index contributed by atoms with van der Waals surface area (Å²) in [6.07, 6.45) is 2.78. The van der Waals surface area contributed by atoms with Crippen molar-refractivity contribution in [3.63, 3.8) is 0 Å². The monoisotopic (exact) mass is 253 g/mol. The van der Waals surface area contributed by atoms with Crippen molar-refractivity contribution in [1.29, 1.82) is 0 Å². The van der Waals surface area contributed by atoms with Gasteiger partial charge < -0.3 is 0 Å². The Labute approximate surface area is 102 Å². The fraction of sp³-hybridized carbons (Fsp3) is 0.167. The molecule has 0 aliphatic heterocycles. The maximum Gasteiger partial charge on any atom is 0.280 e. The fourth-order valence-corrected chi connectivity index (χ4v) is 2.05. The van der Waals surface area contributed by atoms with E-state index in [1.165, 1.54) is 12.3 Å². The van der Waals surface area contributed by atoms with E-state index >= 15 is 0 Å². The molecular formula is C12H11F2N2S+. The van der Waals surface area contributed by atoms with Crippen LogP contribution < -0.4 is 4.57 Å². The van der Waals surface area contributed by atoms with E-state index in [2.05, 4.69) is 4.98 Å². The highest BCUT2D eigenvalue weighted by molar-refractivity contribution is 7.98. The van der Waals surface area contributed by atoms with E-state index < -0.39 is 6.43 Å². The molecule has 2 rings (SSSR count). The molecule has 2 aromatic heterocycles. The van der Waals surface area contributed by atoms with Gasteiger partial charge in [-0.05, 0) is 18.4 Å². The van der Waals surface area contributed by atoms with E-state index in [4.69, 9.17) is 0 Å². The van der Waals surface area contributed by atoms with E-state index in [0.29, 0.717) is 0 Å². The van der Waals surface area contributed by atoms with Crippen LogP contribution in [0.25, 0.3) is 5.69 Å². The summed E-state index contributed by atoms with van der Waals surface area (Å²) >= 11 is 1.59. The second-order valence-corrected chi connectivity index (χ2v) is 4.18. The first-order valence-electron chi connectivity index (χ1n) is 5.01. The van der Waals surface area contributed by atoms with Gasteiger partial charge >= 0.3 is 0 Å². The Morgan fingerprint density at radius 2 is 2.06 bits per heavy atom. The van der Waals surface area contributed by atoms with Gasteiger partial charge in [-0.25, -0.2) is 13.8 Å². The first-order valence-corrected chi connectivity index (χ1v) is 6.24. The van der Waals surface area contributed by atoms with Crippen LogP contribution in [-0.2, 0) is 0 Å². The van der Waals surface area contributed by atoms with E-state index in [-0.39, 0.29) is 5.69 Å². The van der Waals surface area contributed by atoms with E-state index in [1.54, 1.807) is 17.8 Å². The molecule has 0 saturated carbocycles. The number of halogens is 2. The SMILES string of the molecule is CSc1cccc[n+]1-c1ccc(C(F)F)nc1. The Kier molecular flexibility index (Phi) is 3.68. The quantitative estimate of drug-likeness (QED) is 0.617. The lowest BCUT2D eigenvalue weighted by molar-refractivity contribution is -0.636. The lowest BCUT2D eigenvalue weighted by Gasteiger charge is -2.01. The third-order valence-electron chi connectivity index (χ3n) is 2.30. The van der Waals surface area contributed by atoms with Gasteiger partial charge in [0.25, 0.3) is 6.43 Å². The molecule has 0 aliphatic rings. The molecule has 0 aromatic carbocycles. The Morgan fingerprint density at radius 3 is 2.65 bits per heavy atom. The first kappa shape index (κ1) is 12.0. The highest BCUT2D eigenvalue weighted by Crippen LogP contribution is 2.16. The summed E-state index contributed by atoms with van der Waals surface area (Å²) < 4.78 is 26.7. The van der Waals surface area contributed by atoms with Crippen LogP contribution in [0.5, 0.6) is 0 Å². The van der Waals surface area contributed by atoms with Gasteiger partial charge in [-0.1, -0.05) is 11.8 Å². The molecule has 5 heteroatoms. The minimum Gasteiger partial charge on any atom is -0.248 e. The van der Waals surface area contributed by atoms with Gasteiger partial charge in [0.05, 0.1) is 6.20 Å². The summed E-state index contributed by atoms with van der Waals surface area (Å²) in [5.41, 5.74) is 0.579. The summed E-state index contributed by atoms with van der Waals surface area (Å²) in [5, 5.41) is 1.03. The van der Waals surface area contributed by atoms with Crippen LogP contribution in [0.4, 0.5) is 8.78 Å². The Morgan fingerprint density at radius 1 is 1.24 bits per heavy atom. The van der Waals surface area contributed by atoms with Crippen molar-refractivity contribution in [3.05, 3.63) is 48.4 Å². The highest BCUT2D eigenvalue weighted by atomic mass is 32.2. The van der Waals surface area contributed by atoms with Gasteiger partial charge in [-0.15, -0.1) is 0 Å². The van der Waals surface area contributed by atoms with Crippen molar-refractivity contribution in [2.45, 2.75) is 11.5 Å². The molecule has 0 amide bonds. The molecule has 0 fully saturated rings. The molecule has 2 heterocycles. The highest BCUT2D eigenvalue weighted by Gasteiger charge is 2.14. The number of thioether (sulfide) groups is 1. The van der Waals surface area contributed by atoms with Gasteiger partial charge in [-0.2, -0.15) is 4.57 Å². The molecule has 0 atom stereocenters. The first-order chi connectivity index (χ1) is 8.22. The van der Waals surface area contributed by atoms with Gasteiger partial charge in [0.15, 0.2) is 6.20 Å². The van der Waals surface area contributed by atoms with Crippen molar-refractivity contribution in [1.82, 2.24) is 4.98 Å². The van der Waals surface area contributed by atoms with E-state index in [9.17, 15) is 8.78 Å². The standard InChI is InChI=1S/C12H11F2N2S/c1-17-11-4-2-3-7-16(11)9-5-6-10(12(13)14)15-8-9/h2-8,12H,1H3/q+1. The molecule has 0 bridgehead atoms. The molecule has 88 valence electrons. The van der Waals surface area contributed by atoms with Gasteiger partial charge in [-0.3, -0.25) is 0 Å². The molecule has 0 unspecified atom stereocenters. The number of alkyl halides is 2. The average molecular weight is 253 g/mol.